The average molecular weight is 265 g/mol. The van der Waals surface area contributed by atoms with Gasteiger partial charge in [-0.25, -0.2) is 0 Å². The van der Waals surface area contributed by atoms with Gasteiger partial charge in [0.15, 0.2) is 0 Å². The average Bonchev–Trinajstić information content (AvgIpc) is 2.37. The van der Waals surface area contributed by atoms with Crippen molar-refractivity contribution in [1.29, 1.82) is 0 Å². The molecule has 0 aliphatic heterocycles. The molecule has 0 bridgehead atoms. The van der Waals surface area contributed by atoms with E-state index in [4.69, 9.17) is 9.84 Å². The number of benzene rings is 1. The molecule has 0 saturated heterocycles. The summed E-state index contributed by atoms with van der Waals surface area (Å²) in [6.07, 6.45) is 0.616. The van der Waals surface area contributed by atoms with Crippen molar-refractivity contribution in [3.8, 4) is 5.75 Å². The summed E-state index contributed by atoms with van der Waals surface area (Å²) in [5, 5.41) is 11.2. The molecule has 0 aliphatic carbocycles. The molecule has 0 radical (unpaired) electrons. The number of ether oxygens (including phenoxy) is 1. The van der Waals surface area contributed by atoms with E-state index in [0.717, 1.165) is 11.3 Å². The highest BCUT2D eigenvalue weighted by molar-refractivity contribution is 5.76. The Balaban J connectivity index is 2.33. The van der Waals surface area contributed by atoms with E-state index >= 15 is 0 Å². The molecule has 0 saturated carbocycles. The Hall–Kier alpha value is -2.04. The Kier molecular flexibility index (Phi) is 6.43. The minimum absolute atomic E-state index is 0.0211. The fourth-order valence-corrected chi connectivity index (χ4v) is 1.60. The first-order valence-corrected chi connectivity index (χ1v) is 6.32. The second-order valence-corrected chi connectivity index (χ2v) is 4.10. The number of carboxylic acids is 1. The largest absolute Gasteiger partial charge is 0.494 e. The van der Waals surface area contributed by atoms with E-state index in [-0.39, 0.29) is 18.7 Å². The van der Waals surface area contributed by atoms with E-state index in [1.807, 2.05) is 31.2 Å². The lowest BCUT2D eigenvalue weighted by atomic mass is 10.2. The highest BCUT2D eigenvalue weighted by atomic mass is 16.5. The van der Waals surface area contributed by atoms with Crippen LogP contribution in [-0.2, 0) is 16.1 Å². The van der Waals surface area contributed by atoms with Gasteiger partial charge in [0.1, 0.15) is 5.75 Å². The number of carbonyl (C=O) groups excluding carboxylic acids is 1. The van der Waals surface area contributed by atoms with Gasteiger partial charge in [0.25, 0.3) is 0 Å². The zero-order chi connectivity index (χ0) is 14.1. The van der Waals surface area contributed by atoms with Crippen LogP contribution in [0.2, 0.25) is 0 Å². The predicted molar refractivity (Wildman–Crippen MR) is 70.9 cm³/mol. The zero-order valence-corrected chi connectivity index (χ0v) is 11.0. The minimum atomic E-state index is -0.878. The number of carbonyl (C=O) groups is 2. The molecule has 0 spiro atoms. The summed E-state index contributed by atoms with van der Waals surface area (Å²) in [5.74, 6) is -0.236. The first-order valence-electron chi connectivity index (χ1n) is 6.32. The molecular weight excluding hydrogens is 246 g/mol. The quantitative estimate of drug-likeness (QED) is 0.753. The molecular formula is C14H19NO4. The van der Waals surface area contributed by atoms with Gasteiger partial charge in [-0.1, -0.05) is 12.1 Å². The van der Waals surface area contributed by atoms with Crippen molar-refractivity contribution in [3.05, 3.63) is 29.8 Å². The van der Waals surface area contributed by atoms with E-state index in [1.165, 1.54) is 0 Å². The lowest BCUT2D eigenvalue weighted by molar-refractivity contribution is -0.137. The summed E-state index contributed by atoms with van der Waals surface area (Å²) in [5.41, 5.74) is 0.956. The second-order valence-electron chi connectivity index (χ2n) is 4.10. The summed E-state index contributed by atoms with van der Waals surface area (Å²) < 4.78 is 5.37. The predicted octanol–water partition coefficient (Wildman–Crippen LogP) is 1.96. The molecule has 19 heavy (non-hydrogen) atoms. The molecule has 0 fully saturated rings. The molecule has 5 heteroatoms. The van der Waals surface area contributed by atoms with Crippen LogP contribution in [0.3, 0.4) is 0 Å². The molecule has 104 valence electrons. The fourth-order valence-electron chi connectivity index (χ4n) is 1.60. The van der Waals surface area contributed by atoms with Crippen molar-refractivity contribution in [3.63, 3.8) is 0 Å². The van der Waals surface area contributed by atoms with Crippen LogP contribution >= 0.6 is 0 Å². The molecule has 5 nitrogen and oxygen atoms in total. The smallest absolute Gasteiger partial charge is 0.303 e. The maximum absolute atomic E-state index is 11.5. The summed E-state index contributed by atoms with van der Waals surface area (Å²) >= 11 is 0. The van der Waals surface area contributed by atoms with Gasteiger partial charge in [-0.15, -0.1) is 0 Å². The molecule has 0 unspecified atom stereocenters. The molecule has 1 aromatic rings. The first kappa shape index (κ1) is 15.0. The number of hydrogen-bond donors (Lipinski definition) is 2. The lowest BCUT2D eigenvalue weighted by Gasteiger charge is -2.07. The Labute approximate surface area is 112 Å². The van der Waals surface area contributed by atoms with Crippen molar-refractivity contribution in [2.45, 2.75) is 32.7 Å². The Morgan fingerprint density at radius 3 is 2.79 bits per heavy atom. The van der Waals surface area contributed by atoms with Gasteiger partial charge >= 0.3 is 5.97 Å². The summed E-state index contributed by atoms with van der Waals surface area (Å²) in [7, 11) is 0. The SMILES string of the molecule is CCOc1cccc(CNC(=O)CCCC(=O)O)c1. The van der Waals surface area contributed by atoms with Crippen molar-refractivity contribution in [2.24, 2.45) is 0 Å². The second kappa shape index (κ2) is 8.13. The van der Waals surface area contributed by atoms with Gasteiger partial charge in [0, 0.05) is 19.4 Å². The van der Waals surface area contributed by atoms with Crippen molar-refractivity contribution < 1.29 is 19.4 Å². The highest BCUT2D eigenvalue weighted by Gasteiger charge is 2.04. The third-order valence-corrected chi connectivity index (χ3v) is 2.49. The van der Waals surface area contributed by atoms with Crippen LogP contribution in [0.4, 0.5) is 0 Å². The zero-order valence-electron chi connectivity index (χ0n) is 11.0. The van der Waals surface area contributed by atoms with E-state index in [2.05, 4.69) is 5.32 Å². The van der Waals surface area contributed by atoms with Gasteiger partial charge < -0.3 is 15.2 Å². The van der Waals surface area contributed by atoms with Gasteiger partial charge in [-0.2, -0.15) is 0 Å². The molecule has 0 atom stereocenters. The van der Waals surface area contributed by atoms with Crippen LogP contribution in [0.25, 0.3) is 0 Å². The molecule has 1 amide bonds. The van der Waals surface area contributed by atoms with E-state index in [1.54, 1.807) is 0 Å². The Morgan fingerprint density at radius 1 is 1.32 bits per heavy atom. The molecule has 1 rings (SSSR count). The third kappa shape index (κ3) is 6.45. The van der Waals surface area contributed by atoms with E-state index < -0.39 is 5.97 Å². The van der Waals surface area contributed by atoms with Crippen LogP contribution in [0.1, 0.15) is 31.7 Å². The summed E-state index contributed by atoms with van der Waals surface area (Å²) in [4.78, 5) is 21.8. The van der Waals surface area contributed by atoms with Gasteiger partial charge in [-0.3, -0.25) is 9.59 Å². The van der Waals surface area contributed by atoms with Crippen LogP contribution in [0.15, 0.2) is 24.3 Å². The van der Waals surface area contributed by atoms with Crippen LogP contribution in [0.5, 0.6) is 5.75 Å². The molecule has 2 N–H and O–H groups in total. The van der Waals surface area contributed by atoms with Crippen LogP contribution < -0.4 is 10.1 Å². The number of aliphatic carboxylic acids is 1. The van der Waals surface area contributed by atoms with Crippen molar-refractivity contribution >= 4 is 11.9 Å². The van der Waals surface area contributed by atoms with E-state index in [0.29, 0.717) is 19.6 Å². The summed E-state index contributed by atoms with van der Waals surface area (Å²) in [6, 6.07) is 7.51. The molecule has 0 aliphatic rings. The number of nitrogens with one attached hydrogen (secondary N) is 1. The minimum Gasteiger partial charge on any atom is -0.494 e. The Bertz CT molecular complexity index is 431. The van der Waals surface area contributed by atoms with Crippen molar-refractivity contribution in [1.82, 2.24) is 5.32 Å². The maximum atomic E-state index is 11.5. The molecule has 0 aromatic heterocycles. The molecule has 0 heterocycles. The monoisotopic (exact) mass is 265 g/mol. The topological polar surface area (TPSA) is 75.6 Å². The molecule has 1 aromatic carbocycles. The van der Waals surface area contributed by atoms with E-state index in [9.17, 15) is 9.59 Å². The first-order chi connectivity index (χ1) is 9.11. The van der Waals surface area contributed by atoms with Gasteiger partial charge in [-0.05, 0) is 31.0 Å². The number of carboxylic acid groups (broad SMARTS) is 1. The highest BCUT2D eigenvalue weighted by Crippen LogP contribution is 2.13. The lowest BCUT2D eigenvalue weighted by Crippen LogP contribution is -2.22. The number of hydrogen-bond acceptors (Lipinski definition) is 3. The maximum Gasteiger partial charge on any atom is 0.303 e. The third-order valence-electron chi connectivity index (χ3n) is 2.49. The normalized spacial score (nSPS) is 9.95. The van der Waals surface area contributed by atoms with Crippen LogP contribution in [-0.4, -0.2) is 23.6 Å². The summed E-state index contributed by atoms with van der Waals surface area (Å²) in [6.45, 7) is 2.94. The Morgan fingerprint density at radius 2 is 2.11 bits per heavy atom. The van der Waals surface area contributed by atoms with Gasteiger partial charge in [0.05, 0.1) is 6.61 Å². The van der Waals surface area contributed by atoms with Crippen molar-refractivity contribution in [2.75, 3.05) is 6.61 Å². The van der Waals surface area contributed by atoms with Gasteiger partial charge in [0.2, 0.25) is 5.91 Å². The van der Waals surface area contributed by atoms with Crippen LogP contribution in [0, 0.1) is 0 Å². The fraction of sp³-hybridized carbons (Fsp3) is 0.429. The number of rotatable bonds is 8. The standard InChI is InChI=1S/C14H19NO4/c1-2-19-12-6-3-5-11(9-12)10-15-13(16)7-4-8-14(17)18/h3,5-6,9H,2,4,7-8,10H2,1H3,(H,15,16)(H,17,18). The number of amides is 1.